The van der Waals surface area contributed by atoms with Gasteiger partial charge >= 0.3 is 0 Å². The Morgan fingerprint density at radius 1 is 0.857 bits per heavy atom. The van der Waals surface area contributed by atoms with Crippen LogP contribution in [0.25, 0.3) is 0 Å². The van der Waals surface area contributed by atoms with E-state index in [4.69, 9.17) is 0 Å². The van der Waals surface area contributed by atoms with E-state index in [0.717, 1.165) is 11.3 Å². The van der Waals surface area contributed by atoms with Crippen LogP contribution in [0.5, 0.6) is 0 Å². The molecular weight excluding hydrogens is 354 g/mol. The molecule has 0 radical (unpaired) electrons. The van der Waals surface area contributed by atoms with Crippen LogP contribution in [-0.4, -0.2) is 22.0 Å². The number of carbonyl (C=O) groups excluding carboxylic acids is 2. The minimum atomic E-state index is -0.384. The molecule has 0 saturated carbocycles. The van der Waals surface area contributed by atoms with E-state index in [9.17, 15) is 9.59 Å². The van der Waals surface area contributed by atoms with Crippen molar-refractivity contribution in [1.29, 1.82) is 0 Å². The van der Waals surface area contributed by atoms with Crippen LogP contribution in [0.3, 0.4) is 0 Å². The lowest BCUT2D eigenvalue weighted by atomic mass is 10.1. The molecule has 28 heavy (non-hydrogen) atoms. The third-order valence-electron chi connectivity index (χ3n) is 3.98. The van der Waals surface area contributed by atoms with Gasteiger partial charge in [0.1, 0.15) is 0 Å². The molecule has 0 spiro atoms. The zero-order valence-electron chi connectivity index (χ0n) is 15.9. The summed E-state index contributed by atoms with van der Waals surface area (Å²) in [6, 6.07) is 16.3. The average molecular weight is 375 g/mol. The summed E-state index contributed by atoms with van der Waals surface area (Å²) in [7, 11) is 0. The number of carbonyl (C=O) groups is 2. The van der Waals surface area contributed by atoms with Crippen molar-refractivity contribution in [2.75, 3.05) is 16.0 Å². The van der Waals surface area contributed by atoms with Gasteiger partial charge in [0.15, 0.2) is 11.5 Å². The molecule has 0 bridgehead atoms. The zero-order valence-corrected chi connectivity index (χ0v) is 15.9. The minimum Gasteiger partial charge on any atom is -0.339 e. The second-order valence-corrected chi connectivity index (χ2v) is 6.46. The second-order valence-electron chi connectivity index (χ2n) is 6.46. The van der Waals surface area contributed by atoms with E-state index in [1.165, 1.54) is 12.5 Å². The molecule has 3 N–H and O–H groups in total. The molecule has 142 valence electrons. The van der Waals surface area contributed by atoms with Gasteiger partial charge in [0.2, 0.25) is 5.91 Å². The number of rotatable bonds is 5. The monoisotopic (exact) mass is 375 g/mol. The standard InChI is InChI=1S/C21H21N5O2/c1-13-7-8-18(14(2)11-13)24-20-10-9-19(25-26-20)21(28)23-17-6-4-5-16(12-17)22-15(3)27/h4-12H,1-3H3,(H,22,27)(H,23,28)(H,24,26). The van der Waals surface area contributed by atoms with Gasteiger partial charge in [-0.2, -0.15) is 0 Å². The maximum atomic E-state index is 12.4. The van der Waals surface area contributed by atoms with Crippen molar-refractivity contribution in [2.24, 2.45) is 0 Å². The molecule has 3 aromatic rings. The first-order valence-electron chi connectivity index (χ1n) is 8.78. The van der Waals surface area contributed by atoms with Gasteiger partial charge in [-0.25, -0.2) is 0 Å². The van der Waals surface area contributed by atoms with Gasteiger partial charge in [0.05, 0.1) is 0 Å². The highest BCUT2D eigenvalue weighted by Gasteiger charge is 2.10. The quantitative estimate of drug-likeness (QED) is 0.625. The highest BCUT2D eigenvalue weighted by atomic mass is 16.2. The third kappa shape index (κ3) is 4.91. The molecule has 1 aromatic heterocycles. The number of nitrogens with one attached hydrogen (secondary N) is 3. The molecule has 0 aliphatic carbocycles. The highest BCUT2D eigenvalue weighted by molar-refractivity contribution is 6.03. The Labute approximate surface area is 163 Å². The molecule has 7 heteroatoms. The van der Waals surface area contributed by atoms with Gasteiger partial charge in [0, 0.05) is 24.0 Å². The van der Waals surface area contributed by atoms with E-state index in [0.29, 0.717) is 17.2 Å². The predicted octanol–water partition coefficient (Wildman–Crippen LogP) is 4.05. The summed E-state index contributed by atoms with van der Waals surface area (Å²) >= 11 is 0. The summed E-state index contributed by atoms with van der Waals surface area (Å²) < 4.78 is 0. The molecule has 0 aliphatic rings. The number of anilines is 4. The zero-order chi connectivity index (χ0) is 20.1. The number of benzene rings is 2. The second kappa shape index (κ2) is 8.30. The normalized spacial score (nSPS) is 10.2. The number of hydrogen-bond donors (Lipinski definition) is 3. The first kappa shape index (κ1) is 19.0. The van der Waals surface area contributed by atoms with Crippen molar-refractivity contribution >= 4 is 34.7 Å². The fourth-order valence-electron chi connectivity index (χ4n) is 2.68. The van der Waals surface area contributed by atoms with Crippen LogP contribution in [0.2, 0.25) is 0 Å². The molecule has 7 nitrogen and oxygen atoms in total. The lowest BCUT2D eigenvalue weighted by Crippen LogP contribution is -2.15. The minimum absolute atomic E-state index is 0.179. The molecule has 0 unspecified atom stereocenters. The van der Waals surface area contributed by atoms with Crippen molar-refractivity contribution in [1.82, 2.24) is 10.2 Å². The van der Waals surface area contributed by atoms with Crippen LogP contribution in [0.1, 0.15) is 28.5 Å². The molecule has 0 atom stereocenters. The van der Waals surface area contributed by atoms with Crippen molar-refractivity contribution in [3.63, 3.8) is 0 Å². The number of aromatic nitrogens is 2. The van der Waals surface area contributed by atoms with Crippen molar-refractivity contribution in [3.8, 4) is 0 Å². The molecule has 0 aliphatic heterocycles. The summed E-state index contributed by atoms with van der Waals surface area (Å²) in [5, 5.41) is 16.7. The summed E-state index contributed by atoms with van der Waals surface area (Å²) in [5.41, 5.74) is 4.56. The Morgan fingerprint density at radius 2 is 1.61 bits per heavy atom. The molecule has 0 saturated heterocycles. The largest absolute Gasteiger partial charge is 0.339 e. The van der Waals surface area contributed by atoms with Crippen LogP contribution < -0.4 is 16.0 Å². The van der Waals surface area contributed by atoms with Crippen molar-refractivity contribution in [3.05, 3.63) is 71.4 Å². The fourth-order valence-corrected chi connectivity index (χ4v) is 2.68. The SMILES string of the molecule is CC(=O)Nc1cccc(NC(=O)c2ccc(Nc3ccc(C)cc3C)nn2)c1. The smallest absolute Gasteiger partial charge is 0.276 e. The number of amides is 2. The van der Waals surface area contributed by atoms with E-state index >= 15 is 0 Å². The Balaban J connectivity index is 1.67. The molecule has 0 fully saturated rings. The fraction of sp³-hybridized carbons (Fsp3) is 0.143. The molecular formula is C21H21N5O2. The van der Waals surface area contributed by atoms with E-state index in [1.54, 1.807) is 36.4 Å². The molecule has 2 amide bonds. The topological polar surface area (TPSA) is 96.0 Å². The van der Waals surface area contributed by atoms with E-state index in [1.807, 2.05) is 26.0 Å². The van der Waals surface area contributed by atoms with Crippen LogP contribution in [-0.2, 0) is 4.79 Å². The number of hydrogen-bond acceptors (Lipinski definition) is 5. The average Bonchev–Trinajstić information content (AvgIpc) is 2.64. The van der Waals surface area contributed by atoms with Crippen LogP contribution >= 0.6 is 0 Å². The Bertz CT molecular complexity index is 1020. The van der Waals surface area contributed by atoms with E-state index in [2.05, 4.69) is 32.2 Å². The first-order chi connectivity index (χ1) is 13.4. The summed E-state index contributed by atoms with van der Waals surface area (Å²) in [6.45, 7) is 5.48. The van der Waals surface area contributed by atoms with Crippen LogP contribution in [0.4, 0.5) is 22.9 Å². The number of aryl methyl sites for hydroxylation is 2. The molecule has 3 rings (SSSR count). The predicted molar refractivity (Wildman–Crippen MR) is 110 cm³/mol. The molecule has 2 aromatic carbocycles. The van der Waals surface area contributed by atoms with Crippen LogP contribution in [0, 0.1) is 13.8 Å². The Hall–Kier alpha value is -3.74. The number of nitrogens with zero attached hydrogens (tertiary/aromatic N) is 2. The summed E-state index contributed by atoms with van der Waals surface area (Å²) in [6.07, 6.45) is 0. The van der Waals surface area contributed by atoms with Crippen molar-refractivity contribution < 1.29 is 9.59 Å². The maximum absolute atomic E-state index is 12.4. The Morgan fingerprint density at radius 3 is 2.25 bits per heavy atom. The van der Waals surface area contributed by atoms with E-state index < -0.39 is 0 Å². The van der Waals surface area contributed by atoms with Gasteiger partial charge in [-0.15, -0.1) is 10.2 Å². The summed E-state index contributed by atoms with van der Waals surface area (Å²) in [5.74, 6) is -0.0112. The van der Waals surface area contributed by atoms with Gasteiger partial charge in [0.25, 0.3) is 5.91 Å². The first-order valence-corrected chi connectivity index (χ1v) is 8.78. The lowest BCUT2D eigenvalue weighted by molar-refractivity contribution is -0.114. The third-order valence-corrected chi connectivity index (χ3v) is 3.98. The molecule has 1 heterocycles. The van der Waals surface area contributed by atoms with Gasteiger partial charge in [-0.3, -0.25) is 9.59 Å². The van der Waals surface area contributed by atoms with E-state index in [-0.39, 0.29) is 17.5 Å². The highest BCUT2D eigenvalue weighted by Crippen LogP contribution is 2.20. The van der Waals surface area contributed by atoms with Gasteiger partial charge in [-0.05, 0) is 55.8 Å². The van der Waals surface area contributed by atoms with Gasteiger partial charge in [-0.1, -0.05) is 23.8 Å². The van der Waals surface area contributed by atoms with Crippen LogP contribution in [0.15, 0.2) is 54.6 Å². The van der Waals surface area contributed by atoms with Gasteiger partial charge < -0.3 is 16.0 Å². The van der Waals surface area contributed by atoms with Crippen molar-refractivity contribution in [2.45, 2.75) is 20.8 Å². The maximum Gasteiger partial charge on any atom is 0.276 e. The summed E-state index contributed by atoms with van der Waals surface area (Å²) in [4.78, 5) is 23.5. The lowest BCUT2D eigenvalue weighted by Gasteiger charge is -2.10. The Kier molecular flexibility index (Phi) is 5.64.